The Bertz CT molecular complexity index is 364. The third-order valence-corrected chi connectivity index (χ3v) is 2.44. The summed E-state index contributed by atoms with van der Waals surface area (Å²) in [4.78, 5) is 11.4. The second-order valence-electron chi connectivity index (χ2n) is 3.83. The van der Waals surface area contributed by atoms with Gasteiger partial charge in [-0.1, -0.05) is 6.92 Å². The van der Waals surface area contributed by atoms with Crippen molar-refractivity contribution in [3.8, 4) is 11.5 Å². The van der Waals surface area contributed by atoms with Crippen LogP contribution in [0.25, 0.3) is 0 Å². The van der Waals surface area contributed by atoms with E-state index in [2.05, 4.69) is 5.32 Å². The molecule has 0 spiro atoms. The van der Waals surface area contributed by atoms with Gasteiger partial charge in [-0.2, -0.15) is 0 Å². The maximum Gasteiger partial charge on any atom is 0.258 e. The molecule has 1 unspecified atom stereocenters. The number of rotatable bonds is 7. The van der Waals surface area contributed by atoms with Crippen LogP contribution < -0.4 is 14.8 Å². The second kappa shape index (κ2) is 7.55. The number of ether oxygens (including phenoxy) is 2. The van der Waals surface area contributed by atoms with Gasteiger partial charge in [0.2, 0.25) is 0 Å². The number of hydrogen-bond acceptors (Lipinski definition) is 4. The molecule has 0 bridgehead atoms. The lowest BCUT2D eigenvalue weighted by molar-refractivity contribution is -0.123. The molecule has 0 heterocycles. The number of hydrogen-bond donors (Lipinski definition) is 2. The van der Waals surface area contributed by atoms with Gasteiger partial charge < -0.3 is 19.9 Å². The Hall–Kier alpha value is -1.75. The largest absolute Gasteiger partial charge is 0.497 e. The van der Waals surface area contributed by atoms with Crippen LogP contribution in [0, 0.1) is 0 Å². The number of amides is 1. The molecule has 1 aromatic rings. The van der Waals surface area contributed by atoms with E-state index in [9.17, 15) is 9.90 Å². The quantitative estimate of drug-likeness (QED) is 0.759. The zero-order valence-corrected chi connectivity index (χ0v) is 10.7. The highest BCUT2D eigenvalue weighted by molar-refractivity contribution is 5.77. The summed E-state index contributed by atoms with van der Waals surface area (Å²) in [5.74, 6) is 1.08. The van der Waals surface area contributed by atoms with E-state index < -0.39 is 6.10 Å². The lowest BCUT2D eigenvalue weighted by Crippen LogP contribution is -2.35. The van der Waals surface area contributed by atoms with E-state index in [0.717, 1.165) is 5.75 Å². The van der Waals surface area contributed by atoms with Crippen molar-refractivity contribution in [1.29, 1.82) is 0 Å². The van der Waals surface area contributed by atoms with Crippen molar-refractivity contribution in [2.24, 2.45) is 0 Å². The van der Waals surface area contributed by atoms with Crippen LogP contribution in [0.15, 0.2) is 24.3 Å². The fourth-order valence-electron chi connectivity index (χ4n) is 1.25. The minimum absolute atomic E-state index is 0.0667. The highest BCUT2D eigenvalue weighted by Gasteiger charge is 2.05. The Kier molecular flexibility index (Phi) is 6.00. The van der Waals surface area contributed by atoms with Crippen LogP contribution >= 0.6 is 0 Å². The van der Waals surface area contributed by atoms with E-state index >= 15 is 0 Å². The molecule has 0 aliphatic heterocycles. The van der Waals surface area contributed by atoms with Gasteiger partial charge in [0.1, 0.15) is 11.5 Å². The SMILES string of the molecule is CCC(O)CNC(=O)COc1ccc(OC)cc1. The third kappa shape index (κ3) is 5.05. The summed E-state index contributed by atoms with van der Waals surface area (Å²) in [6, 6.07) is 6.97. The first kappa shape index (κ1) is 14.3. The number of aliphatic hydroxyl groups is 1. The smallest absolute Gasteiger partial charge is 0.258 e. The number of benzene rings is 1. The van der Waals surface area contributed by atoms with Gasteiger partial charge >= 0.3 is 0 Å². The normalized spacial score (nSPS) is 11.7. The molecule has 0 fully saturated rings. The van der Waals surface area contributed by atoms with Gasteiger partial charge in [0.05, 0.1) is 13.2 Å². The van der Waals surface area contributed by atoms with Crippen LogP contribution in [0.2, 0.25) is 0 Å². The first-order valence-electron chi connectivity index (χ1n) is 5.87. The van der Waals surface area contributed by atoms with Gasteiger partial charge in [0.25, 0.3) is 5.91 Å². The summed E-state index contributed by atoms with van der Waals surface area (Å²) in [6.45, 7) is 2.04. The molecular formula is C13H19NO4. The van der Waals surface area contributed by atoms with Crippen molar-refractivity contribution in [2.45, 2.75) is 19.4 Å². The predicted molar refractivity (Wildman–Crippen MR) is 67.8 cm³/mol. The maximum atomic E-state index is 11.4. The summed E-state index contributed by atoms with van der Waals surface area (Å²) < 4.78 is 10.3. The van der Waals surface area contributed by atoms with Crippen molar-refractivity contribution < 1.29 is 19.4 Å². The molecule has 1 rings (SSSR count). The van der Waals surface area contributed by atoms with Crippen LogP contribution in [0.3, 0.4) is 0 Å². The van der Waals surface area contributed by atoms with Crippen LogP contribution in [-0.4, -0.2) is 37.4 Å². The van der Waals surface area contributed by atoms with Crippen LogP contribution in [0.4, 0.5) is 0 Å². The van der Waals surface area contributed by atoms with E-state index in [-0.39, 0.29) is 19.1 Å². The zero-order chi connectivity index (χ0) is 13.4. The Balaban J connectivity index is 2.29. The molecule has 0 aliphatic rings. The summed E-state index contributed by atoms with van der Waals surface area (Å²) >= 11 is 0. The van der Waals surface area contributed by atoms with Crippen molar-refractivity contribution in [3.63, 3.8) is 0 Å². The van der Waals surface area contributed by atoms with Crippen molar-refractivity contribution in [1.82, 2.24) is 5.32 Å². The Morgan fingerprint density at radius 1 is 1.33 bits per heavy atom. The Morgan fingerprint density at radius 2 is 1.94 bits per heavy atom. The first-order valence-corrected chi connectivity index (χ1v) is 5.87. The summed E-state index contributed by atoms with van der Waals surface area (Å²) in [7, 11) is 1.59. The van der Waals surface area contributed by atoms with E-state index in [4.69, 9.17) is 9.47 Å². The van der Waals surface area contributed by atoms with Crippen molar-refractivity contribution in [2.75, 3.05) is 20.3 Å². The van der Waals surface area contributed by atoms with E-state index in [1.54, 1.807) is 31.4 Å². The predicted octanol–water partition coefficient (Wildman–Crippen LogP) is 0.961. The Morgan fingerprint density at radius 3 is 2.50 bits per heavy atom. The van der Waals surface area contributed by atoms with Crippen LogP contribution in [0.1, 0.15) is 13.3 Å². The van der Waals surface area contributed by atoms with Gasteiger partial charge in [-0.05, 0) is 30.7 Å². The van der Waals surface area contributed by atoms with Gasteiger partial charge in [-0.15, -0.1) is 0 Å². The van der Waals surface area contributed by atoms with Gasteiger partial charge in [0.15, 0.2) is 6.61 Å². The molecule has 0 radical (unpaired) electrons. The minimum atomic E-state index is -0.505. The molecule has 1 amide bonds. The molecule has 18 heavy (non-hydrogen) atoms. The summed E-state index contributed by atoms with van der Waals surface area (Å²) in [6.07, 6.45) is 0.106. The number of aliphatic hydroxyl groups excluding tert-OH is 1. The topological polar surface area (TPSA) is 67.8 Å². The standard InChI is InChI=1S/C13H19NO4/c1-3-10(15)8-14-13(16)9-18-12-6-4-11(17-2)5-7-12/h4-7,10,15H,3,8-9H2,1-2H3,(H,14,16). The number of nitrogens with one attached hydrogen (secondary N) is 1. The molecule has 5 heteroatoms. The van der Waals surface area contributed by atoms with Crippen LogP contribution in [0.5, 0.6) is 11.5 Å². The molecule has 0 saturated heterocycles. The van der Waals surface area contributed by atoms with Gasteiger partial charge in [-0.3, -0.25) is 4.79 Å². The second-order valence-corrected chi connectivity index (χ2v) is 3.83. The maximum absolute atomic E-state index is 11.4. The molecule has 1 atom stereocenters. The average Bonchev–Trinajstić information content (AvgIpc) is 2.42. The lowest BCUT2D eigenvalue weighted by Gasteiger charge is -2.10. The van der Waals surface area contributed by atoms with Gasteiger partial charge in [0, 0.05) is 6.54 Å². The molecular weight excluding hydrogens is 234 g/mol. The summed E-state index contributed by atoms with van der Waals surface area (Å²) in [5, 5.41) is 11.9. The third-order valence-electron chi connectivity index (χ3n) is 2.44. The number of carbonyl (C=O) groups is 1. The van der Waals surface area contributed by atoms with Crippen molar-refractivity contribution in [3.05, 3.63) is 24.3 Å². The monoisotopic (exact) mass is 253 g/mol. The molecule has 5 nitrogen and oxygen atoms in total. The van der Waals surface area contributed by atoms with Crippen LogP contribution in [-0.2, 0) is 4.79 Å². The van der Waals surface area contributed by atoms with E-state index in [1.165, 1.54) is 0 Å². The molecule has 0 aromatic heterocycles. The fourth-order valence-corrected chi connectivity index (χ4v) is 1.25. The first-order chi connectivity index (χ1) is 8.65. The molecule has 0 saturated carbocycles. The van der Waals surface area contributed by atoms with E-state index in [1.807, 2.05) is 6.92 Å². The van der Waals surface area contributed by atoms with Crippen molar-refractivity contribution >= 4 is 5.91 Å². The van der Waals surface area contributed by atoms with Gasteiger partial charge in [-0.25, -0.2) is 0 Å². The highest BCUT2D eigenvalue weighted by Crippen LogP contribution is 2.16. The molecule has 1 aromatic carbocycles. The number of methoxy groups -OCH3 is 1. The minimum Gasteiger partial charge on any atom is -0.497 e. The summed E-state index contributed by atoms with van der Waals surface area (Å²) in [5.41, 5.74) is 0. The fraction of sp³-hybridized carbons (Fsp3) is 0.462. The highest BCUT2D eigenvalue weighted by atomic mass is 16.5. The number of carbonyl (C=O) groups excluding carboxylic acids is 1. The Labute approximate surface area is 107 Å². The molecule has 0 aliphatic carbocycles. The van der Waals surface area contributed by atoms with E-state index in [0.29, 0.717) is 12.2 Å². The lowest BCUT2D eigenvalue weighted by atomic mass is 10.3. The average molecular weight is 253 g/mol. The molecule has 100 valence electrons. The molecule has 2 N–H and O–H groups in total. The zero-order valence-electron chi connectivity index (χ0n) is 10.7.